The summed E-state index contributed by atoms with van der Waals surface area (Å²) in [5.41, 5.74) is 10.4. The molecule has 0 saturated heterocycles. The molecular formula is C52H50Cl4N6O2. The number of benzene rings is 6. The van der Waals surface area contributed by atoms with Gasteiger partial charge in [-0.25, -0.2) is 9.97 Å². The van der Waals surface area contributed by atoms with Crippen molar-refractivity contribution in [1.82, 2.24) is 19.9 Å². The van der Waals surface area contributed by atoms with E-state index in [9.17, 15) is 9.59 Å². The van der Waals surface area contributed by atoms with E-state index in [-0.39, 0.29) is 28.1 Å². The van der Waals surface area contributed by atoms with Gasteiger partial charge in [0.1, 0.15) is 11.6 Å². The Kier molecular flexibility index (Phi) is 13.1. The number of rotatable bonds is 6. The van der Waals surface area contributed by atoms with Gasteiger partial charge in [-0.15, -0.1) is 0 Å². The molecule has 8 nitrogen and oxygen atoms in total. The number of carbonyl (C=O) groups is 2. The Morgan fingerprint density at radius 1 is 0.453 bits per heavy atom. The zero-order valence-electron chi connectivity index (χ0n) is 37.2. The van der Waals surface area contributed by atoms with Gasteiger partial charge in [0.25, 0.3) is 11.8 Å². The van der Waals surface area contributed by atoms with Crippen LogP contribution in [-0.4, -0.2) is 31.8 Å². The summed E-state index contributed by atoms with van der Waals surface area (Å²) in [6.45, 7) is 19.5. The number of aromatic amines is 2. The number of fused-ring (bicyclic) bond motifs is 2. The molecule has 4 N–H and O–H groups in total. The lowest BCUT2D eigenvalue weighted by atomic mass is 9.80. The second-order valence-corrected chi connectivity index (χ2v) is 20.5. The summed E-state index contributed by atoms with van der Waals surface area (Å²) in [7, 11) is 0. The van der Waals surface area contributed by atoms with Crippen molar-refractivity contribution >= 4 is 91.7 Å². The van der Waals surface area contributed by atoms with Crippen LogP contribution >= 0.6 is 46.4 Å². The van der Waals surface area contributed by atoms with Gasteiger partial charge in [-0.1, -0.05) is 139 Å². The zero-order chi connectivity index (χ0) is 46.3. The van der Waals surface area contributed by atoms with Crippen molar-refractivity contribution in [3.8, 4) is 22.8 Å². The van der Waals surface area contributed by atoms with Crippen LogP contribution in [0.25, 0.3) is 44.8 Å². The molecule has 0 aliphatic heterocycles. The maximum absolute atomic E-state index is 13.2. The molecule has 0 aliphatic rings. The second-order valence-electron chi connectivity index (χ2n) is 18.9. The van der Waals surface area contributed by atoms with Gasteiger partial charge in [-0.2, -0.15) is 0 Å². The van der Waals surface area contributed by atoms with E-state index in [2.05, 4.69) is 111 Å². The fourth-order valence-corrected chi connectivity index (χ4v) is 8.17. The highest BCUT2D eigenvalue weighted by Crippen LogP contribution is 2.36. The molecule has 0 saturated carbocycles. The predicted octanol–water partition coefficient (Wildman–Crippen LogP) is 15.5. The van der Waals surface area contributed by atoms with E-state index < -0.39 is 0 Å². The van der Waals surface area contributed by atoms with E-state index in [0.717, 1.165) is 33.4 Å². The number of amides is 2. The van der Waals surface area contributed by atoms with Crippen LogP contribution in [-0.2, 0) is 16.2 Å². The fourth-order valence-electron chi connectivity index (χ4n) is 7.01. The molecule has 0 aliphatic carbocycles. The molecule has 0 spiro atoms. The quantitative estimate of drug-likeness (QED) is 0.133. The first-order chi connectivity index (χ1) is 30.0. The summed E-state index contributed by atoms with van der Waals surface area (Å²) in [6.07, 6.45) is 0. The molecule has 0 unspecified atom stereocenters. The summed E-state index contributed by atoms with van der Waals surface area (Å²) in [6, 6.07) is 35.6. The van der Waals surface area contributed by atoms with E-state index in [4.69, 9.17) is 46.4 Å². The Balaban J connectivity index is 0.000000193. The van der Waals surface area contributed by atoms with Gasteiger partial charge in [0.15, 0.2) is 0 Å². The van der Waals surface area contributed by atoms with Crippen LogP contribution in [0.2, 0.25) is 20.1 Å². The minimum Gasteiger partial charge on any atom is -0.338 e. The Hall–Kier alpha value is -5.64. The molecule has 0 bridgehead atoms. The van der Waals surface area contributed by atoms with Gasteiger partial charge >= 0.3 is 0 Å². The summed E-state index contributed by atoms with van der Waals surface area (Å²) < 4.78 is 0. The standard InChI is InChI=1S/C28H29Cl2N3O.C24H21Cl2N3O/c1-27(2,3)17-13-18(28(4,5)6)15-19(14-17)31-26(34)16-10-11-22-23(12-16)33-25(32-22)24-20(29)8-7-9-21(24)30;1-24(2,3)15-8-10-16(11-9-15)27-23(30)14-7-12-19-20(13-14)29-22(28-19)21-17(25)5-4-6-18(21)26/h7-15H,1-6H3,(H,31,34)(H,32,33);4-13H,1-3H3,(H,27,30)(H,28,29). The Morgan fingerprint density at radius 2 is 0.828 bits per heavy atom. The van der Waals surface area contributed by atoms with Gasteiger partial charge in [-0.3, -0.25) is 9.59 Å². The minimum absolute atomic E-state index is 0.0358. The molecule has 0 atom stereocenters. The number of aromatic nitrogens is 4. The molecule has 2 aromatic heterocycles. The van der Waals surface area contributed by atoms with Crippen molar-refractivity contribution < 1.29 is 9.59 Å². The van der Waals surface area contributed by atoms with Crippen molar-refractivity contribution in [2.45, 2.75) is 78.6 Å². The number of imidazole rings is 2. The van der Waals surface area contributed by atoms with E-state index in [1.54, 1.807) is 66.7 Å². The predicted molar refractivity (Wildman–Crippen MR) is 268 cm³/mol. The molecule has 2 heterocycles. The van der Waals surface area contributed by atoms with Crippen molar-refractivity contribution in [2.24, 2.45) is 0 Å². The van der Waals surface area contributed by atoms with Crippen molar-refractivity contribution in [3.63, 3.8) is 0 Å². The van der Waals surface area contributed by atoms with Crippen LogP contribution in [0.4, 0.5) is 11.4 Å². The van der Waals surface area contributed by atoms with Crippen LogP contribution in [0.15, 0.2) is 115 Å². The van der Waals surface area contributed by atoms with E-state index >= 15 is 0 Å². The smallest absolute Gasteiger partial charge is 0.255 e. The molecule has 12 heteroatoms. The fraction of sp³-hybridized carbons (Fsp3) is 0.231. The number of hydrogen-bond donors (Lipinski definition) is 4. The highest BCUT2D eigenvalue weighted by Gasteiger charge is 2.22. The molecule has 64 heavy (non-hydrogen) atoms. The summed E-state index contributed by atoms with van der Waals surface area (Å²) >= 11 is 25.3. The van der Waals surface area contributed by atoms with Crippen LogP contribution in [0.3, 0.4) is 0 Å². The molecule has 8 rings (SSSR count). The lowest BCUT2D eigenvalue weighted by Gasteiger charge is -2.26. The summed E-state index contributed by atoms with van der Waals surface area (Å²) in [5.74, 6) is 0.763. The second kappa shape index (κ2) is 18.1. The van der Waals surface area contributed by atoms with Crippen molar-refractivity contribution in [1.29, 1.82) is 0 Å². The Morgan fingerprint density at radius 3 is 1.20 bits per heavy atom. The highest BCUT2D eigenvalue weighted by atomic mass is 35.5. The number of nitrogens with one attached hydrogen (secondary N) is 4. The van der Waals surface area contributed by atoms with Crippen molar-refractivity contribution in [3.05, 3.63) is 163 Å². The Bertz CT molecular complexity index is 2970. The number of hydrogen-bond acceptors (Lipinski definition) is 4. The van der Waals surface area contributed by atoms with Gasteiger partial charge in [-0.05, 0) is 118 Å². The zero-order valence-corrected chi connectivity index (χ0v) is 40.2. The minimum atomic E-state index is -0.188. The molecule has 8 aromatic rings. The summed E-state index contributed by atoms with van der Waals surface area (Å²) in [4.78, 5) is 41.6. The lowest BCUT2D eigenvalue weighted by Crippen LogP contribution is -2.18. The molecule has 2 amide bonds. The molecule has 328 valence electrons. The number of H-pyrrole nitrogens is 2. The van der Waals surface area contributed by atoms with Crippen LogP contribution in [0.1, 0.15) is 99.7 Å². The number of carbonyl (C=O) groups excluding carboxylic acids is 2. The average molecular weight is 933 g/mol. The third-order valence-corrected chi connectivity index (χ3v) is 12.1. The maximum atomic E-state index is 13.2. The number of halogens is 4. The normalized spacial score (nSPS) is 12.0. The van der Waals surface area contributed by atoms with Crippen LogP contribution < -0.4 is 10.6 Å². The number of anilines is 2. The lowest BCUT2D eigenvalue weighted by molar-refractivity contribution is 0.101. The third-order valence-electron chi connectivity index (χ3n) is 10.8. The van der Waals surface area contributed by atoms with Gasteiger partial charge in [0, 0.05) is 22.5 Å². The van der Waals surface area contributed by atoms with Gasteiger partial charge in [0.05, 0.1) is 53.3 Å². The molecule has 0 fully saturated rings. The van der Waals surface area contributed by atoms with E-state index in [1.165, 1.54) is 16.7 Å². The van der Waals surface area contributed by atoms with Gasteiger partial charge < -0.3 is 20.6 Å². The maximum Gasteiger partial charge on any atom is 0.255 e. The number of nitrogens with zero attached hydrogens (tertiary/aromatic N) is 2. The molecular weight excluding hydrogens is 882 g/mol. The first-order valence-electron chi connectivity index (χ1n) is 20.8. The Labute approximate surface area is 394 Å². The van der Waals surface area contributed by atoms with Crippen molar-refractivity contribution in [2.75, 3.05) is 10.6 Å². The third kappa shape index (κ3) is 10.5. The average Bonchev–Trinajstić information content (AvgIpc) is 3.83. The summed E-state index contributed by atoms with van der Waals surface area (Å²) in [5, 5.41) is 8.08. The van der Waals surface area contributed by atoms with Crippen LogP contribution in [0.5, 0.6) is 0 Å². The largest absolute Gasteiger partial charge is 0.338 e. The first-order valence-corrected chi connectivity index (χ1v) is 22.3. The molecule has 0 radical (unpaired) electrons. The highest BCUT2D eigenvalue weighted by molar-refractivity contribution is 6.39. The van der Waals surface area contributed by atoms with E-state index in [0.29, 0.717) is 54.0 Å². The first kappa shape index (κ1) is 46.4. The van der Waals surface area contributed by atoms with Crippen LogP contribution in [0, 0.1) is 0 Å². The van der Waals surface area contributed by atoms with Gasteiger partial charge in [0.2, 0.25) is 0 Å². The van der Waals surface area contributed by atoms with E-state index in [1.807, 2.05) is 30.3 Å². The molecule has 6 aromatic carbocycles. The monoisotopic (exact) mass is 930 g/mol. The topological polar surface area (TPSA) is 116 Å². The SMILES string of the molecule is CC(C)(C)c1cc(NC(=O)c2ccc3nc(-c4c(Cl)cccc4Cl)[nH]c3c2)cc(C(C)(C)C)c1.CC(C)(C)c1ccc(NC(=O)c2ccc3nc(-c4c(Cl)cccc4Cl)[nH]c3c2)cc1.